The summed E-state index contributed by atoms with van der Waals surface area (Å²) in [5.41, 5.74) is 2.12. The Kier molecular flexibility index (Phi) is 5.19. The van der Waals surface area contributed by atoms with Gasteiger partial charge in [-0.1, -0.05) is 12.1 Å². The molecule has 0 radical (unpaired) electrons. The molecule has 9 heteroatoms. The van der Waals surface area contributed by atoms with Crippen LogP contribution in [0.3, 0.4) is 0 Å². The third-order valence-corrected chi connectivity index (χ3v) is 4.97. The zero-order valence-electron chi connectivity index (χ0n) is 15.7. The summed E-state index contributed by atoms with van der Waals surface area (Å²) in [6, 6.07) is 9.88. The molecule has 0 aliphatic carbocycles. The molecule has 2 aromatic rings. The molecule has 0 aromatic heterocycles. The first-order chi connectivity index (χ1) is 14.3. The number of halogens is 4. The van der Waals surface area contributed by atoms with Crippen molar-refractivity contribution in [3.05, 3.63) is 71.2 Å². The van der Waals surface area contributed by atoms with Gasteiger partial charge in [0.15, 0.2) is 0 Å². The quantitative estimate of drug-likeness (QED) is 0.654. The predicted molar refractivity (Wildman–Crippen MR) is 106 cm³/mol. The van der Waals surface area contributed by atoms with E-state index < -0.39 is 23.6 Å². The van der Waals surface area contributed by atoms with Crippen molar-refractivity contribution in [3.8, 4) is 0 Å². The summed E-state index contributed by atoms with van der Waals surface area (Å²) >= 11 is 0. The summed E-state index contributed by atoms with van der Waals surface area (Å²) in [7, 11) is 0. The maximum Gasteiger partial charge on any atom is 0.416 e. The number of guanidine groups is 1. The topological polar surface area (TPSA) is 65.5 Å². The molecule has 2 aliphatic heterocycles. The monoisotopic (exact) mass is 418 g/mol. The Hall–Kier alpha value is -3.36. The second kappa shape index (κ2) is 7.81. The molecular formula is C21H18F4N4O. The number of carbonyl (C=O) groups excluding carboxylic acids is 1. The van der Waals surface area contributed by atoms with Crippen molar-refractivity contribution in [1.82, 2.24) is 5.32 Å². The highest BCUT2D eigenvalue weighted by molar-refractivity contribution is 6.01. The van der Waals surface area contributed by atoms with E-state index in [9.17, 15) is 22.4 Å². The maximum absolute atomic E-state index is 13.4. The molecule has 0 bridgehead atoms. The van der Waals surface area contributed by atoms with Gasteiger partial charge in [-0.15, -0.1) is 0 Å². The normalized spacial score (nSPS) is 18.1. The van der Waals surface area contributed by atoms with Crippen LogP contribution in [-0.4, -0.2) is 24.1 Å². The zero-order valence-corrected chi connectivity index (χ0v) is 15.7. The van der Waals surface area contributed by atoms with Crippen molar-refractivity contribution in [1.29, 1.82) is 0 Å². The van der Waals surface area contributed by atoms with Gasteiger partial charge < -0.3 is 16.0 Å². The van der Waals surface area contributed by atoms with Crippen molar-refractivity contribution >= 4 is 23.2 Å². The van der Waals surface area contributed by atoms with E-state index in [4.69, 9.17) is 0 Å². The van der Waals surface area contributed by atoms with E-state index in [0.717, 1.165) is 23.0 Å². The van der Waals surface area contributed by atoms with Crippen LogP contribution in [0.15, 0.2) is 59.2 Å². The lowest BCUT2D eigenvalue weighted by atomic mass is 9.98. The van der Waals surface area contributed by atoms with Crippen molar-refractivity contribution in [2.24, 2.45) is 4.99 Å². The third kappa shape index (κ3) is 4.45. The lowest BCUT2D eigenvalue weighted by molar-refractivity contribution is -0.115. The fraction of sp³-hybridized carbons (Fsp3) is 0.238. The summed E-state index contributed by atoms with van der Waals surface area (Å²) in [4.78, 5) is 15.4. The molecule has 1 unspecified atom stereocenters. The second-order valence-electron chi connectivity index (χ2n) is 7.14. The summed E-state index contributed by atoms with van der Waals surface area (Å²) in [5, 5.41) is 8.50. The van der Waals surface area contributed by atoms with Crippen molar-refractivity contribution in [2.75, 3.05) is 10.6 Å². The zero-order chi connectivity index (χ0) is 21.3. The van der Waals surface area contributed by atoms with Gasteiger partial charge in [-0.2, -0.15) is 13.2 Å². The molecule has 1 atom stereocenters. The van der Waals surface area contributed by atoms with Gasteiger partial charge in [-0.05, 0) is 54.3 Å². The average molecular weight is 418 g/mol. The van der Waals surface area contributed by atoms with Crippen molar-refractivity contribution in [2.45, 2.75) is 31.5 Å². The fourth-order valence-electron chi connectivity index (χ4n) is 3.48. The Balaban J connectivity index is 1.49. The first kappa shape index (κ1) is 19.9. The number of nitrogens with zero attached hydrogens (tertiary/aromatic N) is 1. The number of fused-ring (bicyclic) bond motifs is 1. The highest BCUT2D eigenvalue weighted by Gasteiger charge is 2.40. The van der Waals surface area contributed by atoms with Gasteiger partial charge in [0.05, 0.1) is 18.0 Å². The number of carbonyl (C=O) groups is 1. The van der Waals surface area contributed by atoms with Crippen LogP contribution in [0.4, 0.5) is 28.9 Å². The molecule has 0 saturated carbocycles. The molecule has 3 N–H and O–H groups in total. The Morgan fingerprint density at radius 2 is 1.90 bits per heavy atom. The molecule has 0 fully saturated rings. The maximum atomic E-state index is 13.4. The smallest absolute Gasteiger partial charge is 0.349 e. The molecule has 5 nitrogen and oxygen atoms in total. The minimum absolute atomic E-state index is 0.103. The molecule has 0 spiro atoms. The van der Waals surface area contributed by atoms with Crippen LogP contribution >= 0.6 is 0 Å². The van der Waals surface area contributed by atoms with Crippen LogP contribution in [0.1, 0.15) is 17.5 Å². The number of hydrogen-bond donors (Lipinski definition) is 3. The van der Waals surface area contributed by atoms with Gasteiger partial charge in [0.1, 0.15) is 5.82 Å². The number of alkyl halides is 3. The Morgan fingerprint density at radius 1 is 1.13 bits per heavy atom. The van der Waals surface area contributed by atoms with Gasteiger partial charge >= 0.3 is 6.18 Å². The Morgan fingerprint density at radius 3 is 2.63 bits per heavy atom. The summed E-state index contributed by atoms with van der Waals surface area (Å²) < 4.78 is 53.3. The fourth-order valence-corrected chi connectivity index (χ4v) is 3.48. The lowest BCUT2D eigenvalue weighted by Gasteiger charge is -2.28. The Labute approximate surface area is 169 Å². The minimum Gasteiger partial charge on any atom is -0.349 e. The van der Waals surface area contributed by atoms with Gasteiger partial charge in [0, 0.05) is 17.6 Å². The van der Waals surface area contributed by atoms with Crippen LogP contribution in [0.5, 0.6) is 0 Å². The highest BCUT2D eigenvalue weighted by Crippen LogP contribution is 2.32. The van der Waals surface area contributed by atoms with E-state index in [0.29, 0.717) is 12.1 Å². The number of amides is 1. The number of nitrogens with one attached hydrogen (secondary N) is 3. The van der Waals surface area contributed by atoms with E-state index in [1.165, 1.54) is 12.1 Å². The number of anilines is 2. The van der Waals surface area contributed by atoms with Crippen molar-refractivity contribution < 1.29 is 22.4 Å². The first-order valence-corrected chi connectivity index (χ1v) is 9.34. The SMILES string of the molecule is O=C1Cc2cc(NC3=NC=C(C(F)(F)F)C(CCc4ccc(F)cc4)N3)ccc2N1. The number of aliphatic imine (C=N–C) groups is 1. The summed E-state index contributed by atoms with van der Waals surface area (Å²) in [5.74, 6) is -0.312. The average Bonchev–Trinajstić information content (AvgIpc) is 3.06. The molecule has 30 heavy (non-hydrogen) atoms. The summed E-state index contributed by atoms with van der Waals surface area (Å²) in [6.07, 6.45) is -2.95. The Bertz CT molecular complexity index is 1030. The molecular weight excluding hydrogens is 400 g/mol. The van der Waals surface area contributed by atoms with Gasteiger partial charge in [-0.25, -0.2) is 9.38 Å². The van der Waals surface area contributed by atoms with Gasteiger partial charge in [0.25, 0.3) is 0 Å². The van der Waals surface area contributed by atoms with Crippen LogP contribution in [0.2, 0.25) is 0 Å². The lowest BCUT2D eigenvalue weighted by Crippen LogP contribution is -2.45. The van der Waals surface area contributed by atoms with Crippen molar-refractivity contribution in [3.63, 3.8) is 0 Å². The molecule has 2 aliphatic rings. The van der Waals surface area contributed by atoms with E-state index in [1.54, 1.807) is 30.3 Å². The van der Waals surface area contributed by atoms with Gasteiger partial charge in [-0.3, -0.25) is 4.79 Å². The molecule has 156 valence electrons. The van der Waals surface area contributed by atoms with E-state index in [-0.39, 0.29) is 24.7 Å². The van der Waals surface area contributed by atoms with Crippen LogP contribution < -0.4 is 16.0 Å². The number of rotatable bonds is 4. The largest absolute Gasteiger partial charge is 0.416 e. The second-order valence-corrected chi connectivity index (χ2v) is 7.14. The first-order valence-electron chi connectivity index (χ1n) is 9.34. The number of aryl methyl sites for hydroxylation is 1. The van der Waals surface area contributed by atoms with E-state index in [1.807, 2.05) is 0 Å². The standard InChI is InChI=1S/C21H18F4N4O/c22-14-4-1-12(2-5-14)3-7-18-16(21(23,24)25)11-26-20(29-18)27-15-6-8-17-13(9-15)10-19(30)28-17/h1-2,4-6,8-9,11,18H,3,7,10H2,(H,28,30)(H2,26,27,29). The highest BCUT2D eigenvalue weighted by atomic mass is 19.4. The predicted octanol–water partition coefficient (Wildman–Crippen LogP) is 4.14. The van der Waals surface area contributed by atoms with Gasteiger partial charge in [0.2, 0.25) is 11.9 Å². The molecule has 1 amide bonds. The molecule has 2 heterocycles. The molecule has 2 aromatic carbocycles. The minimum atomic E-state index is -4.52. The number of benzene rings is 2. The van der Waals surface area contributed by atoms with E-state index in [2.05, 4.69) is 20.9 Å². The third-order valence-electron chi connectivity index (χ3n) is 4.97. The molecule has 4 rings (SSSR count). The van der Waals surface area contributed by atoms with Crippen LogP contribution in [0, 0.1) is 5.82 Å². The summed E-state index contributed by atoms with van der Waals surface area (Å²) in [6.45, 7) is 0. The van der Waals surface area contributed by atoms with Crippen LogP contribution in [0.25, 0.3) is 0 Å². The number of hydrogen-bond acceptors (Lipinski definition) is 4. The molecule has 0 saturated heterocycles. The van der Waals surface area contributed by atoms with Crippen LogP contribution in [-0.2, 0) is 17.6 Å². The van der Waals surface area contributed by atoms with E-state index >= 15 is 0 Å².